The molecule has 3 aromatic rings. The van der Waals surface area contributed by atoms with Gasteiger partial charge < -0.3 is 9.47 Å². The summed E-state index contributed by atoms with van der Waals surface area (Å²) >= 11 is 0. The van der Waals surface area contributed by atoms with E-state index in [9.17, 15) is 18.0 Å². The van der Waals surface area contributed by atoms with E-state index in [1.807, 2.05) is 0 Å². The van der Waals surface area contributed by atoms with Gasteiger partial charge in [0.05, 0.1) is 15.8 Å². The van der Waals surface area contributed by atoms with Gasteiger partial charge in [-0.3, -0.25) is 25.0 Å². The Morgan fingerprint density at radius 3 is 2.71 bits per heavy atom. The maximum absolute atomic E-state index is 13.4. The molecule has 11 nitrogen and oxygen atoms in total. The van der Waals surface area contributed by atoms with Crippen molar-refractivity contribution in [1.82, 2.24) is 19.3 Å². The molecule has 1 atom stereocenters. The average Bonchev–Trinajstić information content (AvgIpc) is 3.38. The SMILES string of the molecule is CCn1c(NNC(=O)[C@@H]2CCCN2S(=O)(=O)c2ccc3c(c2)OCCO3)nc2ccccc2c1=O. The molecule has 3 heterocycles. The lowest BCUT2D eigenvalue weighted by atomic mass is 10.2. The molecule has 0 radical (unpaired) electrons. The summed E-state index contributed by atoms with van der Waals surface area (Å²) in [5.41, 5.74) is 5.52. The number of benzene rings is 2. The predicted octanol–water partition coefficient (Wildman–Crippen LogP) is 1.48. The first-order valence-corrected chi connectivity index (χ1v) is 12.8. The molecule has 2 aliphatic heterocycles. The third kappa shape index (κ3) is 4.19. The van der Waals surface area contributed by atoms with Gasteiger partial charge in [-0.25, -0.2) is 13.4 Å². The topological polar surface area (TPSA) is 132 Å². The van der Waals surface area contributed by atoms with Gasteiger partial charge in [0.2, 0.25) is 16.0 Å². The lowest BCUT2D eigenvalue weighted by Crippen LogP contribution is -2.48. The van der Waals surface area contributed by atoms with E-state index in [-0.39, 0.29) is 22.9 Å². The summed E-state index contributed by atoms with van der Waals surface area (Å²) in [4.78, 5) is 30.3. The third-order valence-corrected chi connectivity index (χ3v) is 8.01. The van der Waals surface area contributed by atoms with E-state index >= 15 is 0 Å². The van der Waals surface area contributed by atoms with Crippen LogP contribution in [0.25, 0.3) is 10.9 Å². The highest BCUT2D eigenvalue weighted by molar-refractivity contribution is 7.89. The van der Waals surface area contributed by atoms with Gasteiger partial charge in [-0.15, -0.1) is 0 Å². The molecule has 2 aromatic carbocycles. The summed E-state index contributed by atoms with van der Waals surface area (Å²) in [6.45, 7) is 3.08. The van der Waals surface area contributed by atoms with Crippen molar-refractivity contribution in [2.75, 3.05) is 25.2 Å². The average molecular weight is 500 g/mol. The smallest absolute Gasteiger partial charge is 0.262 e. The van der Waals surface area contributed by atoms with E-state index in [1.165, 1.54) is 21.0 Å². The number of ether oxygens (including phenoxy) is 2. The van der Waals surface area contributed by atoms with E-state index in [1.54, 1.807) is 37.3 Å². The number of hydrogen-bond acceptors (Lipinski definition) is 8. The molecule has 0 unspecified atom stereocenters. The summed E-state index contributed by atoms with van der Waals surface area (Å²) in [5.74, 6) is 0.483. The van der Waals surface area contributed by atoms with Crippen LogP contribution in [0, 0.1) is 0 Å². The van der Waals surface area contributed by atoms with Crippen molar-refractivity contribution >= 4 is 32.8 Å². The number of fused-ring (bicyclic) bond motifs is 2. The number of nitrogens with zero attached hydrogens (tertiary/aromatic N) is 3. The van der Waals surface area contributed by atoms with E-state index in [2.05, 4.69) is 15.8 Å². The molecule has 1 fully saturated rings. The number of carbonyl (C=O) groups excluding carboxylic acids is 1. The Morgan fingerprint density at radius 1 is 1.14 bits per heavy atom. The van der Waals surface area contributed by atoms with Crippen LogP contribution < -0.4 is 25.9 Å². The molecule has 1 aromatic heterocycles. The Kier molecular flexibility index (Phi) is 6.07. The Bertz CT molecular complexity index is 1450. The van der Waals surface area contributed by atoms with Gasteiger partial charge in [-0.05, 0) is 44.0 Å². The first-order chi connectivity index (χ1) is 16.9. The summed E-state index contributed by atoms with van der Waals surface area (Å²) < 4.78 is 40.3. The third-order valence-electron chi connectivity index (χ3n) is 6.10. The van der Waals surface area contributed by atoms with Gasteiger partial charge in [0, 0.05) is 19.2 Å². The zero-order valence-corrected chi connectivity index (χ0v) is 19.9. The first-order valence-electron chi connectivity index (χ1n) is 11.4. The summed E-state index contributed by atoms with van der Waals surface area (Å²) in [7, 11) is -3.96. The van der Waals surface area contributed by atoms with Crippen molar-refractivity contribution in [3.63, 3.8) is 0 Å². The molecule has 184 valence electrons. The number of amides is 1. The van der Waals surface area contributed by atoms with Gasteiger partial charge in [-0.2, -0.15) is 4.31 Å². The Hall–Kier alpha value is -3.64. The Morgan fingerprint density at radius 2 is 1.91 bits per heavy atom. The van der Waals surface area contributed by atoms with Crippen molar-refractivity contribution in [2.24, 2.45) is 0 Å². The van der Waals surface area contributed by atoms with E-state index < -0.39 is 22.0 Å². The Labute approximate surface area is 201 Å². The standard InChI is InChI=1S/C23H25N5O6S/c1-2-27-22(30)16-6-3-4-7-17(16)24-23(27)26-25-21(29)18-8-5-11-28(18)35(31,32)15-9-10-19-20(14-15)34-13-12-33-19/h3-4,6-7,9-10,14,18H,2,5,8,11-13H2,1H3,(H,24,26)(H,25,29)/t18-/m0/s1. The monoisotopic (exact) mass is 499 g/mol. The zero-order chi connectivity index (χ0) is 24.6. The minimum Gasteiger partial charge on any atom is -0.486 e. The second-order valence-corrected chi connectivity index (χ2v) is 10.1. The van der Waals surface area contributed by atoms with E-state index in [0.29, 0.717) is 55.0 Å². The zero-order valence-electron chi connectivity index (χ0n) is 19.1. The van der Waals surface area contributed by atoms with Crippen LogP contribution in [-0.4, -0.2) is 54.0 Å². The second kappa shape index (κ2) is 9.19. The number of aromatic nitrogens is 2. The van der Waals surface area contributed by atoms with Crippen LogP contribution in [0.1, 0.15) is 19.8 Å². The molecular formula is C23H25N5O6S. The highest BCUT2D eigenvalue weighted by Gasteiger charge is 2.40. The molecule has 5 rings (SSSR count). The highest BCUT2D eigenvalue weighted by atomic mass is 32.2. The molecule has 1 saturated heterocycles. The predicted molar refractivity (Wildman–Crippen MR) is 128 cm³/mol. The summed E-state index contributed by atoms with van der Waals surface area (Å²) in [6, 6.07) is 10.5. The number of rotatable bonds is 6. The van der Waals surface area contributed by atoms with Crippen LogP contribution >= 0.6 is 0 Å². The van der Waals surface area contributed by atoms with E-state index in [0.717, 1.165) is 0 Å². The quantitative estimate of drug-likeness (QED) is 0.488. The van der Waals surface area contributed by atoms with Crippen molar-refractivity contribution in [2.45, 2.75) is 37.2 Å². The molecule has 0 bridgehead atoms. The van der Waals surface area contributed by atoms with Gasteiger partial charge in [0.25, 0.3) is 11.5 Å². The van der Waals surface area contributed by atoms with Gasteiger partial charge in [-0.1, -0.05) is 12.1 Å². The van der Waals surface area contributed by atoms with Crippen molar-refractivity contribution < 1.29 is 22.7 Å². The molecular weight excluding hydrogens is 474 g/mol. The molecule has 2 aliphatic rings. The minimum absolute atomic E-state index is 0.0328. The normalized spacial score (nSPS) is 17.9. The molecule has 1 amide bonds. The minimum atomic E-state index is -3.96. The van der Waals surface area contributed by atoms with Gasteiger partial charge >= 0.3 is 0 Å². The van der Waals surface area contributed by atoms with Crippen LogP contribution in [-0.2, 0) is 21.4 Å². The number of sulfonamides is 1. The van der Waals surface area contributed by atoms with Crippen molar-refractivity contribution in [3.05, 3.63) is 52.8 Å². The number of anilines is 1. The highest BCUT2D eigenvalue weighted by Crippen LogP contribution is 2.34. The second-order valence-electron chi connectivity index (χ2n) is 8.20. The molecule has 35 heavy (non-hydrogen) atoms. The summed E-state index contributed by atoms with van der Waals surface area (Å²) in [5, 5.41) is 0.471. The molecule has 0 aliphatic carbocycles. The Balaban J connectivity index is 1.36. The molecule has 0 saturated carbocycles. The van der Waals surface area contributed by atoms with Crippen LogP contribution in [0.3, 0.4) is 0 Å². The van der Waals surface area contributed by atoms with Gasteiger partial charge in [0.1, 0.15) is 19.3 Å². The first kappa shape index (κ1) is 23.1. The molecule has 2 N–H and O–H groups in total. The fourth-order valence-corrected chi connectivity index (χ4v) is 6.04. The number of para-hydroxylation sites is 1. The van der Waals surface area contributed by atoms with Crippen LogP contribution in [0.15, 0.2) is 52.2 Å². The maximum atomic E-state index is 13.4. The molecule has 12 heteroatoms. The summed E-state index contributed by atoms with van der Waals surface area (Å²) in [6.07, 6.45) is 0.902. The molecule has 0 spiro atoms. The fourth-order valence-electron chi connectivity index (χ4n) is 4.37. The number of carbonyl (C=O) groups is 1. The van der Waals surface area contributed by atoms with Crippen molar-refractivity contribution in [3.8, 4) is 11.5 Å². The lowest BCUT2D eigenvalue weighted by molar-refractivity contribution is -0.123. The lowest BCUT2D eigenvalue weighted by Gasteiger charge is -2.25. The largest absolute Gasteiger partial charge is 0.486 e. The maximum Gasteiger partial charge on any atom is 0.262 e. The number of hydrazine groups is 1. The van der Waals surface area contributed by atoms with Crippen LogP contribution in [0.5, 0.6) is 11.5 Å². The van der Waals surface area contributed by atoms with E-state index in [4.69, 9.17) is 9.47 Å². The van der Waals surface area contributed by atoms with Gasteiger partial charge in [0.15, 0.2) is 11.5 Å². The number of nitrogens with one attached hydrogen (secondary N) is 2. The fraction of sp³-hybridized carbons (Fsp3) is 0.348. The number of hydrogen-bond donors (Lipinski definition) is 2. The van der Waals surface area contributed by atoms with Crippen LogP contribution in [0.2, 0.25) is 0 Å². The van der Waals surface area contributed by atoms with Crippen molar-refractivity contribution in [1.29, 1.82) is 0 Å². The van der Waals surface area contributed by atoms with Crippen LogP contribution in [0.4, 0.5) is 5.95 Å².